The molecule has 2 fully saturated rings. The van der Waals surface area contributed by atoms with Crippen molar-refractivity contribution in [3.63, 3.8) is 0 Å². The second kappa shape index (κ2) is 2.05. The third-order valence-corrected chi connectivity index (χ3v) is 3.06. The number of aliphatic hydroxyl groups excluding tert-OH is 1. The monoisotopic (exact) mass is 156 g/mol. The van der Waals surface area contributed by atoms with E-state index in [1.807, 2.05) is 0 Å². The van der Waals surface area contributed by atoms with Gasteiger partial charge in [0.25, 0.3) is 0 Å². The maximum atomic E-state index is 11.0. The van der Waals surface area contributed by atoms with Gasteiger partial charge < -0.3 is 10.2 Å². The summed E-state index contributed by atoms with van der Waals surface area (Å²) in [4.78, 5) is 11.0. The molecule has 0 saturated heterocycles. The number of hydrogen-bond acceptors (Lipinski definition) is 3. The maximum Gasteiger partial charge on any atom is 0.164 e. The number of aliphatic hydroxyl groups is 2. The Bertz CT molecular complexity index is 202. The summed E-state index contributed by atoms with van der Waals surface area (Å²) in [5.74, 6) is -0.151. The van der Waals surface area contributed by atoms with Crippen molar-refractivity contribution in [2.75, 3.05) is 0 Å². The van der Waals surface area contributed by atoms with Crippen molar-refractivity contribution in [3.8, 4) is 0 Å². The highest BCUT2D eigenvalue weighted by atomic mass is 16.4. The molecule has 62 valence electrons. The molecule has 2 rings (SSSR count). The quantitative estimate of drug-likeness (QED) is 0.513. The lowest BCUT2D eigenvalue weighted by Gasteiger charge is -2.24. The smallest absolute Gasteiger partial charge is 0.164 e. The van der Waals surface area contributed by atoms with Crippen LogP contribution >= 0.6 is 0 Å². The Kier molecular flexibility index (Phi) is 1.35. The predicted molar refractivity (Wildman–Crippen MR) is 37.9 cm³/mol. The lowest BCUT2D eigenvalue weighted by molar-refractivity contribution is -0.133. The van der Waals surface area contributed by atoms with Gasteiger partial charge in [0, 0.05) is 6.42 Å². The van der Waals surface area contributed by atoms with E-state index in [-0.39, 0.29) is 11.7 Å². The first-order valence-corrected chi connectivity index (χ1v) is 4.08. The molecule has 0 aromatic heterocycles. The Morgan fingerprint density at radius 2 is 2.27 bits per heavy atom. The summed E-state index contributed by atoms with van der Waals surface area (Å²) >= 11 is 0. The lowest BCUT2D eigenvalue weighted by Crippen LogP contribution is -2.41. The van der Waals surface area contributed by atoms with Gasteiger partial charge in [-0.25, -0.2) is 0 Å². The van der Waals surface area contributed by atoms with Gasteiger partial charge in [-0.15, -0.1) is 0 Å². The Labute approximate surface area is 65.0 Å². The fourth-order valence-corrected chi connectivity index (χ4v) is 2.36. The summed E-state index contributed by atoms with van der Waals surface area (Å²) in [5, 5.41) is 19.1. The molecule has 3 atom stereocenters. The van der Waals surface area contributed by atoms with Crippen LogP contribution in [0.15, 0.2) is 0 Å². The molecular formula is C8H12O3. The molecule has 0 bridgehead atoms. The van der Waals surface area contributed by atoms with Crippen molar-refractivity contribution in [1.82, 2.24) is 0 Å². The minimum atomic E-state index is -1.10. The van der Waals surface area contributed by atoms with Crippen LogP contribution in [0, 0.1) is 5.92 Å². The van der Waals surface area contributed by atoms with Crippen LogP contribution in [0.3, 0.4) is 0 Å². The first kappa shape index (κ1) is 7.25. The average Bonchev–Trinajstić information content (AvgIpc) is 2.39. The van der Waals surface area contributed by atoms with Crippen LogP contribution in [-0.2, 0) is 4.79 Å². The maximum absolute atomic E-state index is 11.0. The van der Waals surface area contributed by atoms with Crippen molar-refractivity contribution in [2.24, 2.45) is 5.92 Å². The van der Waals surface area contributed by atoms with Crippen molar-refractivity contribution in [2.45, 2.75) is 37.4 Å². The van der Waals surface area contributed by atoms with Crippen molar-refractivity contribution >= 4 is 5.78 Å². The zero-order valence-electron chi connectivity index (χ0n) is 6.29. The number of hydrogen-bond donors (Lipinski definition) is 2. The number of fused-ring (bicyclic) bond motifs is 1. The molecule has 0 spiro atoms. The molecule has 0 heterocycles. The van der Waals surface area contributed by atoms with E-state index in [2.05, 4.69) is 0 Å². The van der Waals surface area contributed by atoms with E-state index >= 15 is 0 Å². The topological polar surface area (TPSA) is 57.5 Å². The number of carbonyl (C=O) groups is 1. The van der Waals surface area contributed by atoms with E-state index in [9.17, 15) is 15.0 Å². The molecule has 0 amide bonds. The molecule has 0 radical (unpaired) electrons. The van der Waals surface area contributed by atoms with E-state index in [0.29, 0.717) is 12.8 Å². The van der Waals surface area contributed by atoms with Crippen LogP contribution in [0.25, 0.3) is 0 Å². The third kappa shape index (κ3) is 0.781. The largest absolute Gasteiger partial charge is 0.386 e. The highest BCUT2D eigenvalue weighted by molar-refractivity contribution is 5.87. The lowest BCUT2D eigenvalue weighted by atomic mass is 9.93. The molecule has 3 unspecified atom stereocenters. The van der Waals surface area contributed by atoms with Gasteiger partial charge in [0.15, 0.2) is 5.78 Å². The predicted octanol–water partition coefficient (Wildman–Crippen LogP) is -0.149. The van der Waals surface area contributed by atoms with Crippen LogP contribution in [-0.4, -0.2) is 27.7 Å². The van der Waals surface area contributed by atoms with E-state index in [1.54, 1.807) is 0 Å². The molecule has 2 N–H and O–H groups in total. The molecule has 2 aliphatic rings. The summed E-state index contributed by atoms with van der Waals surface area (Å²) in [6, 6.07) is 0. The second-order valence-corrected chi connectivity index (χ2v) is 3.65. The molecule has 2 saturated carbocycles. The van der Waals surface area contributed by atoms with Gasteiger partial charge in [0.05, 0.1) is 0 Å². The normalized spacial score (nSPS) is 49.8. The molecule has 0 aromatic rings. The standard InChI is InChI=1S/C8H12O3/c9-6-4-5-2-1-3-8(5,11)7(6)10/h5,7,10-11H,1-4H2. The molecule has 2 aliphatic carbocycles. The zero-order chi connectivity index (χ0) is 8.06. The minimum absolute atomic E-state index is 0.0324. The summed E-state index contributed by atoms with van der Waals surface area (Å²) < 4.78 is 0. The van der Waals surface area contributed by atoms with Gasteiger partial charge in [0.2, 0.25) is 0 Å². The van der Waals surface area contributed by atoms with Gasteiger partial charge in [-0.3, -0.25) is 4.79 Å². The van der Waals surface area contributed by atoms with Crippen LogP contribution in [0.1, 0.15) is 25.7 Å². The first-order chi connectivity index (χ1) is 5.14. The van der Waals surface area contributed by atoms with Gasteiger partial charge in [-0.05, 0) is 18.8 Å². The molecule has 11 heavy (non-hydrogen) atoms. The van der Waals surface area contributed by atoms with Gasteiger partial charge >= 0.3 is 0 Å². The van der Waals surface area contributed by atoms with E-state index in [1.165, 1.54) is 0 Å². The number of ketones is 1. The third-order valence-electron chi connectivity index (χ3n) is 3.06. The number of carbonyl (C=O) groups excluding carboxylic acids is 1. The van der Waals surface area contributed by atoms with Crippen LogP contribution < -0.4 is 0 Å². The van der Waals surface area contributed by atoms with Crippen molar-refractivity contribution in [3.05, 3.63) is 0 Å². The van der Waals surface area contributed by atoms with Gasteiger partial charge in [0.1, 0.15) is 11.7 Å². The zero-order valence-corrected chi connectivity index (χ0v) is 6.29. The summed E-state index contributed by atoms with van der Waals surface area (Å²) in [6.07, 6.45) is 1.68. The number of Topliss-reactive ketones (excluding diaryl/α,β-unsaturated/α-hetero) is 1. The molecule has 0 aliphatic heterocycles. The Morgan fingerprint density at radius 3 is 2.91 bits per heavy atom. The van der Waals surface area contributed by atoms with Gasteiger partial charge in [-0.2, -0.15) is 0 Å². The SMILES string of the molecule is O=C1CC2CCCC2(O)C1O. The highest BCUT2D eigenvalue weighted by Gasteiger charge is 2.55. The average molecular weight is 156 g/mol. The van der Waals surface area contributed by atoms with Crippen LogP contribution in [0.5, 0.6) is 0 Å². The van der Waals surface area contributed by atoms with Crippen LogP contribution in [0.4, 0.5) is 0 Å². The van der Waals surface area contributed by atoms with Gasteiger partial charge in [-0.1, -0.05) is 6.42 Å². The highest BCUT2D eigenvalue weighted by Crippen LogP contribution is 2.45. The molecule has 3 nitrogen and oxygen atoms in total. The summed E-state index contributed by atoms with van der Waals surface area (Å²) in [7, 11) is 0. The fraction of sp³-hybridized carbons (Fsp3) is 0.875. The Balaban J connectivity index is 2.30. The summed E-state index contributed by atoms with van der Waals surface area (Å²) in [6.45, 7) is 0. The van der Waals surface area contributed by atoms with Crippen molar-refractivity contribution in [1.29, 1.82) is 0 Å². The van der Waals surface area contributed by atoms with E-state index in [0.717, 1.165) is 12.8 Å². The molecule has 3 heteroatoms. The Morgan fingerprint density at radius 1 is 1.55 bits per heavy atom. The molecular weight excluding hydrogens is 144 g/mol. The van der Waals surface area contributed by atoms with E-state index in [4.69, 9.17) is 0 Å². The second-order valence-electron chi connectivity index (χ2n) is 3.65. The van der Waals surface area contributed by atoms with Crippen molar-refractivity contribution < 1.29 is 15.0 Å². The summed E-state index contributed by atoms with van der Waals surface area (Å²) in [5.41, 5.74) is -1.06. The molecule has 0 aromatic carbocycles. The Hall–Kier alpha value is -0.410. The number of rotatable bonds is 0. The fourth-order valence-electron chi connectivity index (χ4n) is 2.36. The first-order valence-electron chi connectivity index (χ1n) is 4.08. The van der Waals surface area contributed by atoms with Crippen LogP contribution in [0.2, 0.25) is 0 Å². The minimum Gasteiger partial charge on any atom is -0.386 e. The van der Waals surface area contributed by atoms with E-state index < -0.39 is 11.7 Å².